The average Bonchev–Trinajstić information content (AvgIpc) is 3.29. The van der Waals surface area contributed by atoms with Crippen molar-refractivity contribution in [3.63, 3.8) is 0 Å². The van der Waals surface area contributed by atoms with Crippen molar-refractivity contribution in [3.05, 3.63) is 60.2 Å². The summed E-state index contributed by atoms with van der Waals surface area (Å²) in [5.74, 6) is 0.136. The van der Waals surface area contributed by atoms with Crippen LogP contribution in [0.3, 0.4) is 0 Å². The van der Waals surface area contributed by atoms with E-state index in [1.165, 1.54) is 0 Å². The Kier molecular flexibility index (Phi) is 4.98. The van der Waals surface area contributed by atoms with Crippen LogP contribution in [-0.4, -0.2) is 14.8 Å². The fraction of sp³-hybridized carbons (Fsp3) is 0.333. The van der Waals surface area contributed by atoms with E-state index in [9.17, 15) is 21.6 Å². The number of sulfonamides is 1. The highest BCUT2D eigenvalue weighted by atomic mass is 32.2. The first-order valence-electron chi connectivity index (χ1n) is 8.09. The largest absolute Gasteiger partial charge is 0.573 e. The third-order valence-corrected chi connectivity index (χ3v) is 5.87. The Morgan fingerprint density at radius 3 is 2.15 bits per heavy atom. The van der Waals surface area contributed by atoms with E-state index in [1.54, 1.807) is 0 Å². The van der Waals surface area contributed by atoms with Gasteiger partial charge in [-0.1, -0.05) is 37.3 Å². The van der Waals surface area contributed by atoms with E-state index in [-0.39, 0.29) is 16.9 Å². The molecule has 0 aliphatic heterocycles. The Labute approximate surface area is 150 Å². The maximum atomic E-state index is 12.7. The van der Waals surface area contributed by atoms with Crippen LogP contribution in [0.15, 0.2) is 59.5 Å². The lowest BCUT2D eigenvalue weighted by molar-refractivity contribution is -0.274. The summed E-state index contributed by atoms with van der Waals surface area (Å²) >= 11 is 0. The van der Waals surface area contributed by atoms with Gasteiger partial charge in [-0.2, -0.15) is 0 Å². The quantitative estimate of drug-likeness (QED) is 0.808. The molecule has 140 valence electrons. The summed E-state index contributed by atoms with van der Waals surface area (Å²) in [5, 5.41) is 0. The molecule has 1 aliphatic rings. The van der Waals surface area contributed by atoms with Gasteiger partial charge in [-0.3, -0.25) is 0 Å². The zero-order chi connectivity index (χ0) is 18.9. The van der Waals surface area contributed by atoms with Crippen LogP contribution in [0.2, 0.25) is 0 Å². The summed E-state index contributed by atoms with van der Waals surface area (Å²) in [7, 11) is -3.88. The van der Waals surface area contributed by atoms with Crippen molar-refractivity contribution in [2.45, 2.75) is 30.6 Å². The molecule has 1 aliphatic carbocycles. The minimum atomic E-state index is -4.82. The number of rotatable bonds is 6. The van der Waals surface area contributed by atoms with Gasteiger partial charge in [0.15, 0.2) is 0 Å². The van der Waals surface area contributed by atoms with Gasteiger partial charge in [-0.25, -0.2) is 13.1 Å². The van der Waals surface area contributed by atoms with Gasteiger partial charge in [0.1, 0.15) is 5.75 Å². The van der Waals surface area contributed by atoms with E-state index >= 15 is 0 Å². The first-order valence-corrected chi connectivity index (χ1v) is 9.57. The zero-order valence-electron chi connectivity index (χ0n) is 13.9. The Bertz CT molecular complexity index is 852. The van der Waals surface area contributed by atoms with Crippen molar-refractivity contribution in [1.82, 2.24) is 4.72 Å². The van der Waals surface area contributed by atoms with E-state index in [1.807, 2.05) is 30.3 Å². The van der Waals surface area contributed by atoms with Gasteiger partial charge in [-0.15, -0.1) is 13.2 Å². The number of benzene rings is 2. The van der Waals surface area contributed by atoms with Gasteiger partial charge in [-0.05, 0) is 48.1 Å². The average molecular weight is 385 g/mol. The summed E-state index contributed by atoms with van der Waals surface area (Å²) in [5.41, 5.74) is 0.863. The molecule has 0 aromatic heterocycles. The molecule has 1 N–H and O–H groups in total. The van der Waals surface area contributed by atoms with E-state index in [4.69, 9.17) is 0 Å². The molecule has 26 heavy (non-hydrogen) atoms. The Morgan fingerprint density at radius 1 is 1.08 bits per heavy atom. The highest BCUT2D eigenvalue weighted by Crippen LogP contribution is 2.47. The summed E-state index contributed by atoms with van der Waals surface area (Å²) in [6, 6.07) is 13.0. The minimum absolute atomic E-state index is 0.110. The normalized spacial score (nSPS) is 21.2. The highest BCUT2D eigenvalue weighted by Gasteiger charge is 2.42. The van der Waals surface area contributed by atoms with Crippen LogP contribution in [0.5, 0.6) is 5.75 Å². The van der Waals surface area contributed by atoms with Gasteiger partial charge in [0.25, 0.3) is 0 Å². The molecule has 0 spiro atoms. The zero-order valence-corrected chi connectivity index (χ0v) is 14.7. The molecule has 1 fully saturated rings. The molecule has 8 heteroatoms. The van der Waals surface area contributed by atoms with Gasteiger partial charge in [0.2, 0.25) is 10.0 Å². The molecule has 1 saturated carbocycles. The summed E-state index contributed by atoms with van der Waals surface area (Å²) in [6.45, 7) is 2.05. The molecular formula is C18H18F3NO3S. The topological polar surface area (TPSA) is 55.4 Å². The Morgan fingerprint density at radius 2 is 1.65 bits per heavy atom. The molecule has 2 aromatic rings. The van der Waals surface area contributed by atoms with Crippen LogP contribution in [0.25, 0.3) is 0 Å². The summed E-state index contributed by atoms with van der Waals surface area (Å²) in [4.78, 5) is -0.110. The van der Waals surface area contributed by atoms with Crippen molar-refractivity contribution in [2.75, 3.05) is 0 Å². The number of alkyl halides is 3. The van der Waals surface area contributed by atoms with Crippen molar-refractivity contribution >= 4 is 10.0 Å². The van der Waals surface area contributed by atoms with Crippen LogP contribution >= 0.6 is 0 Å². The Balaban J connectivity index is 1.80. The minimum Gasteiger partial charge on any atom is -0.406 e. The van der Waals surface area contributed by atoms with Crippen LogP contribution < -0.4 is 9.46 Å². The second-order valence-corrected chi connectivity index (χ2v) is 8.12. The number of hydrogen-bond acceptors (Lipinski definition) is 3. The van der Waals surface area contributed by atoms with Gasteiger partial charge >= 0.3 is 6.36 Å². The maximum absolute atomic E-state index is 12.7. The summed E-state index contributed by atoms with van der Waals surface area (Å²) < 4.78 is 68.5. The summed E-state index contributed by atoms with van der Waals surface area (Å²) in [6.07, 6.45) is -3.90. The number of hydrogen-bond donors (Lipinski definition) is 1. The molecule has 3 atom stereocenters. The second kappa shape index (κ2) is 6.92. The van der Waals surface area contributed by atoms with Crippen LogP contribution in [-0.2, 0) is 10.0 Å². The number of ether oxygens (including phenoxy) is 1. The van der Waals surface area contributed by atoms with E-state index < -0.39 is 22.1 Å². The first-order chi connectivity index (χ1) is 12.2. The smallest absolute Gasteiger partial charge is 0.406 e. The van der Waals surface area contributed by atoms with E-state index in [2.05, 4.69) is 16.4 Å². The Hall–Kier alpha value is -2.06. The van der Waals surface area contributed by atoms with Crippen LogP contribution in [0.4, 0.5) is 13.2 Å². The van der Waals surface area contributed by atoms with Crippen molar-refractivity contribution < 1.29 is 26.3 Å². The molecule has 0 amide bonds. The molecule has 1 unspecified atom stereocenters. The lowest BCUT2D eigenvalue weighted by Gasteiger charge is -2.19. The van der Waals surface area contributed by atoms with E-state index in [0.29, 0.717) is 5.92 Å². The highest BCUT2D eigenvalue weighted by molar-refractivity contribution is 7.89. The monoisotopic (exact) mass is 385 g/mol. The van der Waals surface area contributed by atoms with Crippen molar-refractivity contribution in [3.8, 4) is 5.75 Å². The van der Waals surface area contributed by atoms with Crippen molar-refractivity contribution in [1.29, 1.82) is 0 Å². The fourth-order valence-corrected chi connectivity index (χ4v) is 4.21. The molecule has 0 saturated heterocycles. The predicted molar refractivity (Wildman–Crippen MR) is 89.9 cm³/mol. The molecule has 3 rings (SSSR count). The lowest BCUT2D eigenvalue weighted by atomic mass is 10.0. The van der Waals surface area contributed by atoms with Crippen LogP contribution in [0.1, 0.15) is 24.9 Å². The lowest BCUT2D eigenvalue weighted by Crippen LogP contribution is -2.30. The molecule has 4 nitrogen and oxygen atoms in total. The third-order valence-electron chi connectivity index (χ3n) is 4.41. The molecular weight excluding hydrogens is 367 g/mol. The SMILES string of the molecule is C[C@@H]1C[C@@H]1C(NS(=O)(=O)c1ccc(OC(F)(F)F)cc1)c1ccccc1. The molecule has 0 radical (unpaired) electrons. The fourth-order valence-electron chi connectivity index (χ4n) is 2.93. The number of nitrogens with one attached hydrogen (secondary N) is 1. The predicted octanol–water partition coefficient (Wildman–Crippen LogP) is 4.26. The van der Waals surface area contributed by atoms with E-state index in [0.717, 1.165) is 36.2 Å². The number of halogens is 3. The van der Waals surface area contributed by atoms with Crippen molar-refractivity contribution in [2.24, 2.45) is 11.8 Å². The van der Waals surface area contributed by atoms with Gasteiger partial charge < -0.3 is 4.74 Å². The standard InChI is InChI=1S/C18H18F3NO3S/c1-12-11-16(12)17(13-5-3-2-4-6-13)22-26(23,24)15-9-7-14(8-10-15)25-18(19,20)21/h2-10,12,16-17,22H,11H2,1H3/t12-,16+,17?/m1/s1. The molecule has 0 heterocycles. The van der Waals surface area contributed by atoms with Gasteiger partial charge in [0.05, 0.1) is 10.9 Å². The molecule has 0 bridgehead atoms. The second-order valence-electron chi connectivity index (χ2n) is 6.41. The maximum Gasteiger partial charge on any atom is 0.573 e. The first kappa shape index (κ1) is 18.7. The van der Waals surface area contributed by atoms with Gasteiger partial charge in [0, 0.05) is 0 Å². The molecule has 2 aromatic carbocycles. The third kappa shape index (κ3) is 4.56. The van der Waals surface area contributed by atoms with Crippen LogP contribution in [0, 0.1) is 11.8 Å².